The van der Waals surface area contributed by atoms with Gasteiger partial charge in [-0.1, -0.05) is 13.0 Å². The molecule has 0 amide bonds. The molecular formula is C23H32FN3O7S. The van der Waals surface area contributed by atoms with E-state index in [0.717, 1.165) is 30.3 Å². The molecule has 0 radical (unpaired) electrons. The second kappa shape index (κ2) is 11.9. The van der Waals surface area contributed by atoms with Crippen molar-refractivity contribution in [2.24, 2.45) is 0 Å². The summed E-state index contributed by atoms with van der Waals surface area (Å²) >= 11 is 0. The highest BCUT2D eigenvalue weighted by Crippen LogP contribution is 2.32. The van der Waals surface area contributed by atoms with Gasteiger partial charge in [-0.25, -0.2) is 22.3 Å². The van der Waals surface area contributed by atoms with Crippen molar-refractivity contribution >= 4 is 10.0 Å². The van der Waals surface area contributed by atoms with Gasteiger partial charge in [-0.05, 0) is 56.2 Å². The number of nitrogens with zero attached hydrogens (tertiary/aromatic N) is 1. The summed E-state index contributed by atoms with van der Waals surface area (Å²) in [5, 5.41) is 11.1. The van der Waals surface area contributed by atoms with Crippen LogP contribution in [0, 0.1) is 5.82 Å². The summed E-state index contributed by atoms with van der Waals surface area (Å²) in [6.07, 6.45) is 5.34. The molecule has 1 aliphatic rings. The molecule has 12 heteroatoms. The van der Waals surface area contributed by atoms with Crippen LogP contribution >= 0.6 is 0 Å². The number of halogens is 1. The molecule has 194 valence electrons. The van der Waals surface area contributed by atoms with Crippen LogP contribution in [-0.2, 0) is 27.1 Å². The van der Waals surface area contributed by atoms with E-state index in [2.05, 4.69) is 9.71 Å². The molecule has 1 fully saturated rings. The summed E-state index contributed by atoms with van der Waals surface area (Å²) in [4.78, 5) is 24.7. The first-order valence-electron chi connectivity index (χ1n) is 11.7. The van der Waals surface area contributed by atoms with Crippen molar-refractivity contribution in [2.75, 3.05) is 18.9 Å². The van der Waals surface area contributed by atoms with Crippen LogP contribution in [0.4, 0.5) is 4.39 Å². The quantitative estimate of drug-likeness (QED) is 0.346. The molecule has 0 spiro atoms. The monoisotopic (exact) mass is 513 g/mol. The van der Waals surface area contributed by atoms with Gasteiger partial charge in [0.1, 0.15) is 12.3 Å². The van der Waals surface area contributed by atoms with Crippen molar-refractivity contribution in [3.05, 3.63) is 62.7 Å². The standard InChI is InChI=1S/C23H32FN3O7S/c1-2-23(30,17-8-9-19(24)20(14-17)34-18-6-3-4-7-18)15-25-35(31,32)13-5-12-33-16-27-11-10-21(28)26-22(27)29/h8-11,14,18,25,30H,2-7,12-13,15-16H2,1H3,(H,26,28,29). The fourth-order valence-electron chi connectivity index (χ4n) is 3.86. The summed E-state index contributed by atoms with van der Waals surface area (Å²) < 4.78 is 53.8. The number of ether oxygens (including phenoxy) is 2. The number of aromatic amines is 1. The van der Waals surface area contributed by atoms with Gasteiger partial charge >= 0.3 is 5.69 Å². The molecule has 35 heavy (non-hydrogen) atoms. The molecule has 0 aliphatic heterocycles. The normalized spacial score (nSPS) is 16.3. The Morgan fingerprint density at radius 1 is 1.26 bits per heavy atom. The van der Waals surface area contributed by atoms with E-state index in [0.29, 0.717) is 5.56 Å². The lowest BCUT2D eigenvalue weighted by Gasteiger charge is -2.28. The van der Waals surface area contributed by atoms with Crippen LogP contribution in [0.5, 0.6) is 5.75 Å². The lowest BCUT2D eigenvalue weighted by atomic mass is 9.91. The number of aliphatic hydroxyl groups is 1. The Balaban J connectivity index is 1.52. The second-order valence-corrected chi connectivity index (χ2v) is 10.6. The minimum Gasteiger partial charge on any atom is -0.487 e. The van der Waals surface area contributed by atoms with Gasteiger partial charge in [0, 0.05) is 25.4 Å². The lowest BCUT2D eigenvalue weighted by Crippen LogP contribution is -2.41. The number of benzene rings is 1. The smallest absolute Gasteiger partial charge is 0.330 e. The molecule has 1 unspecified atom stereocenters. The van der Waals surface area contributed by atoms with Gasteiger partial charge in [0.05, 0.1) is 11.9 Å². The summed E-state index contributed by atoms with van der Waals surface area (Å²) in [6, 6.07) is 5.28. The van der Waals surface area contributed by atoms with Crippen molar-refractivity contribution < 1.29 is 27.4 Å². The van der Waals surface area contributed by atoms with Crippen LogP contribution in [0.1, 0.15) is 51.0 Å². The first-order valence-corrected chi connectivity index (χ1v) is 13.3. The average Bonchev–Trinajstić information content (AvgIpc) is 3.33. The summed E-state index contributed by atoms with van der Waals surface area (Å²) in [6.45, 7) is 1.36. The molecule has 1 aromatic carbocycles. The van der Waals surface area contributed by atoms with E-state index in [9.17, 15) is 27.5 Å². The van der Waals surface area contributed by atoms with Gasteiger partial charge in [0.2, 0.25) is 10.0 Å². The third kappa shape index (κ3) is 7.72. The van der Waals surface area contributed by atoms with Crippen molar-refractivity contribution in [3.63, 3.8) is 0 Å². The number of H-pyrrole nitrogens is 1. The molecular weight excluding hydrogens is 481 g/mol. The van der Waals surface area contributed by atoms with Crippen LogP contribution in [0.25, 0.3) is 0 Å². The highest BCUT2D eigenvalue weighted by Gasteiger charge is 2.30. The van der Waals surface area contributed by atoms with Crippen LogP contribution in [0.2, 0.25) is 0 Å². The lowest BCUT2D eigenvalue weighted by molar-refractivity contribution is 0.0374. The van der Waals surface area contributed by atoms with Crippen molar-refractivity contribution in [2.45, 2.75) is 63.9 Å². The maximum atomic E-state index is 14.3. The van der Waals surface area contributed by atoms with Crippen LogP contribution in [-0.4, -0.2) is 48.1 Å². The predicted molar refractivity (Wildman–Crippen MR) is 127 cm³/mol. The average molecular weight is 514 g/mol. The largest absolute Gasteiger partial charge is 0.487 e. The number of aromatic nitrogens is 2. The topological polar surface area (TPSA) is 140 Å². The van der Waals surface area contributed by atoms with E-state index >= 15 is 0 Å². The Morgan fingerprint density at radius 2 is 2.00 bits per heavy atom. The fourth-order valence-corrected chi connectivity index (χ4v) is 4.96. The molecule has 0 saturated heterocycles. The second-order valence-electron chi connectivity index (χ2n) is 8.67. The number of hydrogen-bond acceptors (Lipinski definition) is 7. The Kier molecular flexibility index (Phi) is 9.22. The third-order valence-corrected chi connectivity index (χ3v) is 7.47. The zero-order chi connectivity index (χ0) is 25.5. The van der Waals surface area contributed by atoms with E-state index in [1.54, 1.807) is 6.92 Å². The number of nitrogens with one attached hydrogen (secondary N) is 2. The van der Waals surface area contributed by atoms with Crippen LogP contribution < -0.4 is 20.7 Å². The number of hydrogen-bond donors (Lipinski definition) is 3. The molecule has 3 rings (SSSR count). The summed E-state index contributed by atoms with van der Waals surface area (Å²) in [7, 11) is -3.74. The maximum absolute atomic E-state index is 14.3. The molecule has 1 heterocycles. The summed E-state index contributed by atoms with van der Waals surface area (Å²) in [5.74, 6) is -0.723. The first kappa shape index (κ1) is 27.1. The van der Waals surface area contributed by atoms with E-state index in [1.807, 2.05) is 0 Å². The van der Waals surface area contributed by atoms with Gasteiger partial charge in [0.15, 0.2) is 11.6 Å². The minimum atomic E-state index is -3.74. The van der Waals surface area contributed by atoms with E-state index in [4.69, 9.17) is 9.47 Å². The van der Waals surface area contributed by atoms with E-state index in [-0.39, 0.29) is 50.3 Å². The molecule has 1 aromatic heterocycles. The third-order valence-electron chi connectivity index (χ3n) is 6.06. The predicted octanol–water partition coefficient (Wildman–Crippen LogP) is 1.58. The molecule has 3 N–H and O–H groups in total. The van der Waals surface area contributed by atoms with Crippen molar-refractivity contribution in [1.82, 2.24) is 14.3 Å². The zero-order valence-corrected chi connectivity index (χ0v) is 20.5. The van der Waals surface area contributed by atoms with Gasteiger partial charge in [-0.2, -0.15) is 0 Å². The Morgan fingerprint density at radius 3 is 2.69 bits per heavy atom. The highest BCUT2D eigenvalue weighted by atomic mass is 32.2. The highest BCUT2D eigenvalue weighted by molar-refractivity contribution is 7.89. The minimum absolute atomic E-state index is 0.0574. The maximum Gasteiger partial charge on any atom is 0.330 e. The van der Waals surface area contributed by atoms with Crippen molar-refractivity contribution in [3.8, 4) is 5.75 Å². The molecule has 1 saturated carbocycles. The van der Waals surface area contributed by atoms with Crippen LogP contribution in [0.15, 0.2) is 40.1 Å². The zero-order valence-electron chi connectivity index (χ0n) is 19.7. The van der Waals surface area contributed by atoms with E-state index < -0.39 is 32.7 Å². The first-order chi connectivity index (χ1) is 16.6. The molecule has 1 aliphatic carbocycles. The number of sulfonamides is 1. The molecule has 2 aromatic rings. The Labute approximate surface area is 203 Å². The van der Waals surface area contributed by atoms with Gasteiger partial charge in [-0.15, -0.1) is 0 Å². The molecule has 10 nitrogen and oxygen atoms in total. The fraction of sp³-hybridized carbons (Fsp3) is 0.565. The van der Waals surface area contributed by atoms with Gasteiger partial charge in [0.25, 0.3) is 5.56 Å². The van der Waals surface area contributed by atoms with Gasteiger partial charge < -0.3 is 14.6 Å². The van der Waals surface area contributed by atoms with Gasteiger partial charge in [-0.3, -0.25) is 14.3 Å². The van der Waals surface area contributed by atoms with Crippen LogP contribution in [0.3, 0.4) is 0 Å². The molecule has 1 atom stereocenters. The van der Waals surface area contributed by atoms with Crippen molar-refractivity contribution in [1.29, 1.82) is 0 Å². The van der Waals surface area contributed by atoms with E-state index in [1.165, 1.54) is 30.5 Å². The Bertz CT molecular complexity index is 1210. The SMILES string of the molecule is CCC(O)(CNS(=O)(=O)CCCOCn1ccc(=O)[nH]c1=O)c1ccc(F)c(OC2CCCC2)c1. The summed E-state index contributed by atoms with van der Waals surface area (Å²) in [5.41, 5.74) is -2.32. The Hall–Kier alpha value is -2.54. The molecule has 0 bridgehead atoms. The number of rotatable bonds is 13.